The van der Waals surface area contributed by atoms with Crippen molar-refractivity contribution in [3.8, 4) is 5.75 Å². The molecule has 0 aliphatic heterocycles. The van der Waals surface area contributed by atoms with Gasteiger partial charge in [0.05, 0.1) is 12.1 Å². The van der Waals surface area contributed by atoms with Crippen molar-refractivity contribution in [2.24, 2.45) is 5.73 Å². The summed E-state index contributed by atoms with van der Waals surface area (Å²) >= 11 is 0. The van der Waals surface area contributed by atoms with Crippen molar-refractivity contribution in [3.05, 3.63) is 29.8 Å². The maximum Gasteiger partial charge on any atom is 0.251 e. The highest BCUT2D eigenvalue weighted by Crippen LogP contribution is 2.29. The average Bonchev–Trinajstić information content (AvgIpc) is 2.97. The van der Waals surface area contributed by atoms with Gasteiger partial charge in [0.1, 0.15) is 12.4 Å². The second-order valence-electron chi connectivity index (χ2n) is 5.51. The Bertz CT molecular complexity index is 459. The first-order valence-corrected chi connectivity index (χ1v) is 7.43. The molecular weight excluding hydrogens is 304 g/mol. The van der Waals surface area contributed by atoms with Crippen LogP contribution >= 0.6 is 12.4 Å². The molecule has 0 atom stereocenters. The van der Waals surface area contributed by atoms with Crippen molar-refractivity contribution in [2.45, 2.75) is 31.2 Å². The van der Waals surface area contributed by atoms with Crippen LogP contribution < -0.4 is 15.8 Å². The molecule has 3 N–H and O–H groups in total. The fourth-order valence-electron chi connectivity index (χ4n) is 2.69. The Balaban J connectivity index is 0.00000242. The maximum absolute atomic E-state index is 12.3. The van der Waals surface area contributed by atoms with Crippen LogP contribution in [-0.4, -0.2) is 38.3 Å². The van der Waals surface area contributed by atoms with E-state index in [1.165, 1.54) is 0 Å². The Kier molecular flexibility index (Phi) is 7.65. The van der Waals surface area contributed by atoms with Gasteiger partial charge < -0.3 is 20.5 Å². The molecule has 0 heterocycles. The minimum absolute atomic E-state index is 0. The third kappa shape index (κ3) is 4.87. The second-order valence-corrected chi connectivity index (χ2v) is 5.51. The van der Waals surface area contributed by atoms with E-state index in [1.807, 2.05) is 0 Å². The molecule has 1 fully saturated rings. The summed E-state index contributed by atoms with van der Waals surface area (Å²) in [4.78, 5) is 12.3. The van der Waals surface area contributed by atoms with Crippen LogP contribution in [-0.2, 0) is 4.74 Å². The lowest BCUT2D eigenvalue weighted by Gasteiger charge is -2.28. The van der Waals surface area contributed by atoms with Gasteiger partial charge in [0.2, 0.25) is 0 Å². The van der Waals surface area contributed by atoms with Crippen molar-refractivity contribution in [2.75, 3.05) is 26.9 Å². The molecule has 1 saturated carbocycles. The van der Waals surface area contributed by atoms with Crippen LogP contribution in [0.3, 0.4) is 0 Å². The predicted octanol–water partition coefficient (Wildman–Crippen LogP) is 2.13. The van der Waals surface area contributed by atoms with E-state index in [0.29, 0.717) is 25.3 Å². The molecule has 1 aromatic carbocycles. The maximum atomic E-state index is 12.3. The normalized spacial score (nSPS) is 15.9. The van der Waals surface area contributed by atoms with Crippen molar-refractivity contribution in [1.82, 2.24) is 5.32 Å². The highest BCUT2D eigenvalue weighted by molar-refractivity contribution is 5.94. The number of carbonyl (C=O) groups is 1. The molecule has 0 bridgehead atoms. The molecule has 124 valence electrons. The van der Waals surface area contributed by atoms with E-state index < -0.39 is 0 Å². The van der Waals surface area contributed by atoms with Gasteiger partial charge in [-0.1, -0.05) is 12.8 Å². The number of rotatable bonds is 7. The van der Waals surface area contributed by atoms with Gasteiger partial charge in [-0.2, -0.15) is 0 Å². The van der Waals surface area contributed by atoms with Gasteiger partial charge in [-0.05, 0) is 37.1 Å². The lowest BCUT2D eigenvalue weighted by molar-refractivity contribution is 0.0903. The highest BCUT2D eigenvalue weighted by atomic mass is 35.5. The van der Waals surface area contributed by atoms with Crippen LogP contribution in [0.4, 0.5) is 0 Å². The van der Waals surface area contributed by atoms with E-state index in [2.05, 4.69) is 5.32 Å². The zero-order chi connectivity index (χ0) is 15.1. The monoisotopic (exact) mass is 328 g/mol. The summed E-state index contributed by atoms with van der Waals surface area (Å²) in [5.41, 5.74) is 6.26. The minimum atomic E-state index is -0.218. The summed E-state index contributed by atoms with van der Waals surface area (Å²) in [5.74, 6) is 0.670. The number of benzene rings is 1. The molecule has 0 aromatic heterocycles. The first-order chi connectivity index (χ1) is 10.2. The van der Waals surface area contributed by atoms with Crippen LogP contribution in [0.2, 0.25) is 0 Å². The third-order valence-corrected chi connectivity index (χ3v) is 4.00. The van der Waals surface area contributed by atoms with E-state index in [1.54, 1.807) is 31.4 Å². The standard InChI is InChI=1S/C16H24N2O3.ClH/c1-20-10-11-21-14-6-4-13(5-7-14)15(19)18-16(12-17)8-2-3-9-16;/h4-7H,2-3,8-12,17H2,1H3,(H,18,19);1H. The molecule has 0 unspecified atom stereocenters. The van der Waals surface area contributed by atoms with Gasteiger partial charge in [-0.3, -0.25) is 4.79 Å². The molecule has 1 aromatic rings. The topological polar surface area (TPSA) is 73.6 Å². The zero-order valence-corrected chi connectivity index (χ0v) is 13.8. The second kappa shape index (κ2) is 8.98. The first kappa shape index (κ1) is 18.7. The van der Waals surface area contributed by atoms with Crippen LogP contribution in [0, 0.1) is 0 Å². The van der Waals surface area contributed by atoms with Gasteiger partial charge in [0.15, 0.2) is 0 Å². The molecule has 6 heteroatoms. The number of hydrogen-bond acceptors (Lipinski definition) is 4. The number of nitrogens with one attached hydrogen (secondary N) is 1. The number of methoxy groups -OCH3 is 1. The van der Waals surface area contributed by atoms with Gasteiger partial charge in [0, 0.05) is 19.2 Å². The lowest BCUT2D eigenvalue weighted by Crippen LogP contribution is -2.51. The average molecular weight is 329 g/mol. The van der Waals surface area contributed by atoms with Crippen LogP contribution in [0.5, 0.6) is 5.75 Å². The van der Waals surface area contributed by atoms with E-state index >= 15 is 0 Å². The molecule has 0 saturated heterocycles. The van der Waals surface area contributed by atoms with E-state index in [9.17, 15) is 4.79 Å². The summed E-state index contributed by atoms with van der Waals surface area (Å²) in [6.45, 7) is 1.54. The zero-order valence-electron chi connectivity index (χ0n) is 13.0. The quantitative estimate of drug-likeness (QED) is 0.752. The van der Waals surface area contributed by atoms with Crippen molar-refractivity contribution < 1.29 is 14.3 Å². The van der Waals surface area contributed by atoms with Crippen LogP contribution in [0.1, 0.15) is 36.0 Å². The molecule has 1 aliphatic carbocycles. The van der Waals surface area contributed by atoms with E-state index in [4.69, 9.17) is 15.2 Å². The highest BCUT2D eigenvalue weighted by Gasteiger charge is 2.33. The molecule has 1 aliphatic rings. The summed E-state index contributed by atoms with van der Waals surface area (Å²) in [5, 5.41) is 3.11. The van der Waals surface area contributed by atoms with Crippen molar-refractivity contribution in [1.29, 1.82) is 0 Å². The van der Waals surface area contributed by atoms with Crippen molar-refractivity contribution in [3.63, 3.8) is 0 Å². The number of nitrogens with two attached hydrogens (primary N) is 1. The summed E-state index contributed by atoms with van der Waals surface area (Å²) in [6, 6.07) is 7.15. The first-order valence-electron chi connectivity index (χ1n) is 7.43. The number of carbonyl (C=O) groups excluding carboxylic acids is 1. The fraction of sp³-hybridized carbons (Fsp3) is 0.562. The summed E-state index contributed by atoms with van der Waals surface area (Å²) in [7, 11) is 1.63. The number of ether oxygens (including phenoxy) is 2. The fourth-order valence-corrected chi connectivity index (χ4v) is 2.69. The van der Waals surface area contributed by atoms with Gasteiger partial charge >= 0.3 is 0 Å². The van der Waals surface area contributed by atoms with Gasteiger partial charge in [0.25, 0.3) is 5.91 Å². The molecule has 0 spiro atoms. The van der Waals surface area contributed by atoms with Crippen LogP contribution in [0.15, 0.2) is 24.3 Å². The van der Waals surface area contributed by atoms with Gasteiger partial charge in [-0.15, -0.1) is 12.4 Å². The van der Waals surface area contributed by atoms with E-state index in [0.717, 1.165) is 31.4 Å². The molecular formula is C16H25ClN2O3. The van der Waals surface area contributed by atoms with Crippen molar-refractivity contribution >= 4 is 18.3 Å². The minimum Gasteiger partial charge on any atom is -0.491 e. The summed E-state index contributed by atoms with van der Waals surface area (Å²) in [6.07, 6.45) is 4.19. The number of amides is 1. The number of halogens is 1. The Morgan fingerprint density at radius 2 is 1.86 bits per heavy atom. The SMILES string of the molecule is COCCOc1ccc(C(=O)NC2(CN)CCCC2)cc1.Cl. The molecule has 5 nitrogen and oxygen atoms in total. The number of hydrogen-bond donors (Lipinski definition) is 2. The molecule has 22 heavy (non-hydrogen) atoms. The molecule has 2 rings (SSSR count). The third-order valence-electron chi connectivity index (χ3n) is 4.00. The molecule has 0 radical (unpaired) electrons. The predicted molar refractivity (Wildman–Crippen MR) is 88.8 cm³/mol. The van der Waals surface area contributed by atoms with E-state index in [-0.39, 0.29) is 23.9 Å². The Hall–Kier alpha value is -1.30. The summed E-state index contributed by atoms with van der Waals surface area (Å²) < 4.78 is 10.4. The smallest absolute Gasteiger partial charge is 0.251 e. The Morgan fingerprint density at radius 1 is 1.23 bits per heavy atom. The molecule has 1 amide bonds. The van der Waals surface area contributed by atoms with Crippen LogP contribution in [0.25, 0.3) is 0 Å². The largest absolute Gasteiger partial charge is 0.491 e. The Morgan fingerprint density at radius 3 is 2.41 bits per heavy atom. The lowest BCUT2D eigenvalue weighted by atomic mass is 9.97. The van der Waals surface area contributed by atoms with Gasteiger partial charge in [-0.25, -0.2) is 0 Å². The Labute approximate surface area is 138 Å².